The number of benzene rings is 1. The van der Waals surface area contributed by atoms with Gasteiger partial charge in [0.15, 0.2) is 0 Å². The van der Waals surface area contributed by atoms with Crippen LogP contribution in [0.15, 0.2) is 24.3 Å². The molecule has 2 heteroatoms. The van der Waals surface area contributed by atoms with Crippen molar-refractivity contribution in [2.24, 2.45) is 0 Å². The zero-order chi connectivity index (χ0) is 10.0. The van der Waals surface area contributed by atoms with Crippen molar-refractivity contribution < 1.29 is 0 Å². The van der Waals surface area contributed by atoms with Crippen LogP contribution < -0.4 is 0 Å². The first-order valence-corrected chi connectivity index (χ1v) is 5.99. The smallest absolute Gasteiger partial charge is 0.0822 e. The summed E-state index contributed by atoms with van der Waals surface area (Å²) < 4.78 is 0. The fraction of sp³-hybridized carbons (Fsp3) is 0.417. The Morgan fingerprint density at radius 1 is 1.29 bits per heavy atom. The predicted molar refractivity (Wildman–Crippen MR) is 60.2 cm³/mol. The maximum atomic E-state index is 9.16. The number of hydrogen-bond donors (Lipinski definition) is 0. The molecule has 72 valence electrons. The molecule has 1 aliphatic carbocycles. The molecule has 0 aliphatic heterocycles. The largest absolute Gasteiger partial charge is 0.197 e. The van der Waals surface area contributed by atoms with Crippen LogP contribution in [0.2, 0.25) is 0 Å². The average molecular weight is 250 g/mol. The Morgan fingerprint density at radius 2 is 1.93 bits per heavy atom. The van der Waals surface area contributed by atoms with E-state index in [-0.39, 0.29) is 5.41 Å². The Kier molecular flexibility index (Phi) is 2.60. The Morgan fingerprint density at radius 3 is 2.29 bits per heavy atom. The molecule has 1 aromatic carbocycles. The first-order chi connectivity index (χ1) is 6.80. The van der Waals surface area contributed by atoms with Crippen LogP contribution in [-0.4, -0.2) is 0 Å². The summed E-state index contributed by atoms with van der Waals surface area (Å²) in [6.07, 6.45) is 3.24. The summed E-state index contributed by atoms with van der Waals surface area (Å²) in [4.78, 5) is 0. The fourth-order valence-electron chi connectivity index (χ4n) is 1.91. The third-order valence-electron chi connectivity index (χ3n) is 3.08. The van der Waals surface area contributed by atoms with Crippen molar-refractivity contribution in [1.29, 1.82) is 5.26 Å². The highest BCUT2D eigenvalue weighted by Crippen LogP contribution is 2.43. The maximum Gasteiger partial charge on any atom is 0.0822 e. The highest BCUT2D eigenvalue weighted by Gasteiger charge is 2.38. The standard InChI is InChI=1S/C12H12BrN/c13-8-10-2-4-11(5-3-10)12(9-14)6-1-7-12/h2-5H,1,6-8H2. The topological polar surface area (TPSA) is 23.8 Å². The molecule has 1 saturated carbocycles. The van der Waals surface area contributed by atoms with Gasteiger partial charge in [-0.1, -0.05) is 40.2 Å². The highest BCUT2D eigenvalue weighted by atomic mass is 79.9. The number of nitriles is 1. The maximum absolute atomic E-state index is 9.16. The van der Waals surface area contributed by atoms with Crippen LogP contribution in [-0.2, 0) is 10.7 Å². The van der Waals surface area contributed by atoms with Crippen LogP contribution >= 0.6 is 15.9 Å². The zero-order valence-electron chi connectivity index (χ0n) is 7.96. The van der Waals surface area contributed by atoms with Gasteiger partial charge in [0.25, 0.3) is 0 Å². The number of nitrogens with zero attached hydrogens (tertiary/aromatic N) is 1. The van der Waals surface area contributed by atoms with E-state index in [0.29, 0.717) is 0 Å². The third kappa shape index (κ3) is 1.46. The first kappa shape index (κ1) is 9.73. The van der Waals surface area contributed by atoms with Gasteiger partial charge in [-0.25, -0.2) is 0 Å². The van der Waals surface area contributed by atoms with Crippen molar-refractivity contribution in [2.75, 3.05) is 0 Å². The lowest BCUT2D eigenvalue weighted by Crippen LogP contribution is -2.32. The molecule has 1 aromatic rings. The molecule has 0 radical (unpaired) electrons. The minimum absolute atomic E-state index is 0.162. The van der Waals surface area contributed by atoms with E-state index in [1.165, 1.54) is 17.5 Å². The number of alkyl halides is 1. The molecule has 1 aliphatic rings. The van der Waals surface area contributed by atoms with Gasteiger partial charge >= 0.3 is 0 Å². The molecule has 0 N–H and O–H groups in total. The lowest BCUT2D eigenvalue weighted by Gasteiger charge is -2.35. The Hall–Kier alpha value is -0.810. The minimum Gasteiger partial charge on any atom is -0.197 e. The molecular formula is C12H12BrN. The number of hydrogen-bond acceptors (Lipinski definition) is 1. The third-order valence-corrected chi connectivity index (χ3v) is 3.73. The van der Waals surface area contributed by atoms with Gasteiger partial charge in [-0.3, -0.25) is 0 Å². The molecule has 1 fully saturated rings. The Bertz CT molecular complexity index is 357. The fourth-order valence-corrected chi connectivity index (χ4v) is 2.28. The normalized spacial score (nSPS) is 18.3. The van der Waals surface area contributed by atoms with E-state index < -0.39 is 0 Å². The van der Waals surface area contributed by atoms with Gasteiger partial charge < -0.3 is 0 Å². The van der Waals surface area contributed by atoms with Gasteiger partial charge in [0.1, 0.15) is 0 Å². The molecule has 0 saturated heterocycles. The van der Waals surface area contributed by atoms with Gasteiger partial charge in [0.2, 0.25) is 0 Å². The molecule has 0 atom stereocenters. The molecule has 0 amide bonds. The molecule has 2 rings (SSSR count). The van der Waals surface area contributed by atoms with Crippen molar-refractivity contribution in [3.05, 3.63) is 35.4 Å². The molecule has 0 heterocycles. The summed E-state index contributed by atoms with van der Waals surface area (Å²) in [5, 5.41) is 10.0. The van der Waals surface area contributed by atoms with Crippen LogP contribution in [0.25, 0.3) is 0 Å². The lowest BCUT2D eigenvalue weighted by molar-refractivity contribution is 0.324. The van der Waals surface area contributed by atoms with Crippen LogP contribution in [0.3, 0.4) is 0 Å². The van der Waals surface area contributed by atoms with Gasteiger partial charge in [-0.2, -0.15) is 5.26 Å². The monoisotopic (exact) mass is 249 g/mol. The quantitative estimate of drug-likeness (QED) is 0.736. The van der Waals surface area contributed by atoms with Crippen LogP contribution in [0, 0.1) is 11.3 Å². The van der Waals surface area contributed by atoms with Gasteiger partial charge in [-0.05, 0) is 30.4 Å². The second kappa shape index (κ2) is 3.74. The zero-order valence-corrected chi connectivity index (χ0v) is 9.55. The van der Waals surface area contributed by atoms with E-state index in [4.69, 9.17) is 5.26 Å². The van der Waals surface area contributed by atoms with E-state index in [1.807, 2.05) is 0 Å². The summed E-state index contributed by atoms with van der Waals surface area (Å²) in [6.45, 7) is 0. The minimum atomic E-state index is -0.162. The van der Waals surface area contributed by atoms with Crippen molar-refractivity contribution >= 4 is 15.9 Å². The summed E-state index contributed by atoms with van der Waals surface area (Å²) in [5.74, 6) is 0. The number of halogens is 1. The molecule has 0 unspecified atom stereocenters. The second-order valence-corrected chi connectivity index (χ2v) is 4.44. The summed E-state index contributed by atoms with van der Waals surface area (Å²) in [5.41, 5.74) is 2.29. The van der Waals surface area contributed by atoms with E-state index in [2.05, 4.69) is 46.3 Å². The molecular weight excluding hydrogens is 238 g/mol. The van der Waals surface area contributed by atoms with Crippen LogP contribution in [0.4, 0.5) is 0 Å². The summed E-state index contributed by atoms with van der Waals surface area (Å²) in [6, 6.07) is 10.8. The van der Waals surface area contributed by atoms with Crippen LogP contribution in [0.5, 0.6) is 0 Å². The van der Waals surface area contributed by atoms with Crippen LogP contribution in [0.1, 0.15) is 30.4 Å². The van der Waals surface area contributed by atoms with E-state index in [9.17, 15) is 0 Å². The Labute approximate surface area is 92.9 Å². The Balaban J connectivity index is 2.29. The second-order valence-electron chi connectivity index (χ2n) is 3.88. The molecule has 0 aromatic heterocycles. The van der Waals surface area contributed by atoms with Crippen molar-refractivity contribution in [1.82, 2.24) is 0 Å². The molecule has 0 bridgehead atoms. The molecule has 1 nitrogen and oxygen atoms in total. The first-order valence-electron chi connectivity index (χ1n) is 4.87. The van der Waals surface area contributed by atoms with Gasteiger partial charge in [0.05, 0.1) is 11.5 Å². The molecule has 14 heavy (non-hydrogen) atoms. The van der Waals surface area contributed by atoms with Gasteiger partial charge in [-0.15, -0.1) is 0 Å². The highest BCUT2D eigenvalue weighted by molar-refractivity contribution is 9.08. The predicted octanol–water partition coefficient (Wildman–Crippen LogP) is 3.53. The van der Waals surface area contributed by atoms with Crippen molar-refractivity contribution in [3.63, 3.8) is 0 Å². The van der Waals surface area contributed by atoms with E-state index in [1.54, 1.807) is 0 Å². The number of rotatable bonds is 2. The van der Waals surface area contributed by atoms with E-state index >= 15 is 0 Å². The summed E-state index contributed by atoms with van der Waals surface area (Å²) in [7, 11) is 0. The van der Waals surface area contributed by atoms with Crippen molar-refractivity contribution in [2.45, 2.75) is 30.0 Å². The van der Waals surface area contributed by atoms with Crippen molar-refractivity contribution in [3.8, 4) is 6.07 Å². The summed E-state index contributed by atoms with van der Waals surface area (Å²) >= 11 is 3.42. The lowest BCUT2D eigenvalue weighted by atomic mass is 9.65. The van der Waals surface area contributed by atoms with Gasteiger partial charge in [0, 0.05) is 5.33 Å². The molecule has 0 spiro atoms. The SMILES string of the molecule is N#CC1(c2ccc(CBr)cc2)CCC1. The average Bonchev–Trinajstić information content (AvgIpc) is 2.18. The van der Waals surface area contributed by atoms with E-state index in [0.717, 1.165) is 18.2 Å².